The molecule has 0 radical (unpaired) electrons. The van der Waals surface area contributed by atoms with Crippen molar-refractivity contribution in [3.8, 4) is 0 Å². The number of urea groups is 1. The lowest BCUT2D eigenvalue weighted by Crippen LogP contribution is -2.49. The Balaban J connectivity index is 1.72. The van der Waals surface area contributed by atoms with Crippen LogP contribution in [0.1, 0.15) is 39.0 Å². The molecule has 118 valence electrons. The van der Waals surface area contributed by atoms with Gasteiger partial charge in [-0.3, -0.25) is 4.79 Å². The van der Waals surface area contributed by atoms with E-state index in [-0.39, 0.29) is 23.8 Å². The highest BCUT2D eigenvalue weighted by molar-refractivity contribution is 5.76. The van der Waals surface area contributed by atoms with E-state index in [1.54, 1.807) is 0 Å². The van der Waals surface area contributed by atoms with Crippen LogP contribution in [0.4, 0.5) is 4.79 Å². The predicted octanol–water partition coefficient (Wildman–Crippen LogP) is 2.33. The highest BCUT2D eigenvalue weighted by Crippen LogP contribution is 2.24. The van der Waals surface area contributed by atoms with Crippen LogP contribution in [0.3, 0.4) is 0 Å². The first-order valence-electron chi connectivity index (χ1n) is 7.90. The van der Waals surface area contributed by atoms with Crippen molar-refractivity contribution in [1.82, 2.24) is 10.2 Å². The second kappa shape index (κ2) is 7.48. The van der Waals surface area contributed by atoms with E-state index in [0.717, 1.165) is 6.42 Å². The van der Waals surface area contributed by atoms with Crippen molar-refractivity contribution in [2.24, 2.45) is 11.8 Å². The summed E-state index contributed by atoms with van der Waals surface area (Å²) in [5.41, 5.74) is 1.47. The molecule has 5 heteroatoms. The Kier molecular flexibility index (Phi) is 5.65. The van der Waals surface area contributed by atoms with Crippen LogP contribution in [0.15, 0.2) is 11.6 Å². The fourth-order valence-electron chi connectivity index (χ4n) is 3.24. The molecule has 1 aliphatic heterocycles. The molecule has 1 aliphatic carbocycles. The van der Waals surface area contributed by atoms with Crippen LogP contribution in [-0.2, 0) is 9.53 Å². The van der Waals surface area contributed by atoms with E-state index in [9.17, 15) is 9.59 Å². The number of carbonyl (C=O) groups is 2. The summed E-state index contributed by atoms with van der Waals surface area (Å²) in [5, 5.41) is 2.99. The molecule has 1 heterocycles. The number of piperidine rings is 1. The number of rotatable bonds is 4. The summed E-state index contributed by atoms with van der Waals surface area (Å²) in [6, 6.07) is -0.0104. The molecule has 0 aromatic carbocycles. The maximum atomic E-state index is 12.1. The summed E-state index contributed by atoms with van der Waals surface area (Å²) >= 11 is 0. The maximum absolute atomic E-state index is 12.1. The lowest BCUT2D eigenvalue weighted by molar-refractivity contribution is -0.148. The summed E-state index contributed by atoms with van der Waals surface area (Å²) in [6.45, 7) is 3.95. The van der Waals surface area contributed by atoms with Gasteiger partial charge >= 0.3 is 12.0 Å². The molecule has 5 nitrogen and oxygen atoms in total. The fraction of sp³-hybridized carbons (Fsp3) is 0.750. The minimum absolute atomic E-state index is 0.0104. The first kappa shape index (κ1) is 15.9. The molecule has 1 fully saturated rings. The third kappa shape index (κ3) is 4.22. The quantitative estimate of drug-likeness (QED) is 0.639. The zero-order valence-corrected chi connectivity index (χ0v) is 13.1. The molecular weight excluding hydrogens is 268 g/mol. The molecule has 2 unspecified atom stereocenters. The molecule has 2 aliphatic rings. The number of esters is 1. The van der Waals surface area contributed by atoms with Crippen molar-refractivity contribution in [1.29, 1.82) is 0 Å². The number of allylic oxidation sites excluding steroid dienone is 1. The van der Waals surface area contributed by atoms with Crippen molar-refractivity contribution >= 4 is 12.0 Å². The van der Waals surface area contributed by atoms with Gasteiger partial charge in [-0.15, -0.1) is 0 Å². The molecule has 0 aromatic heterocycles. The summed E-state index contributed by atoms with van der Waals surface area (Å²) in [5.74, 6) is -0.0899. The van der Waals surface area contributed by atoms with Crippen molar-refractivity contribution in [2.75, 3.05) is 26.7 Å². The number of hydrogen-bond donors (Lipinski definition) is 1. The van der Waals surface area contributed by atoms with Gasteiger partial charge in [0, 0.05) is 19.6 Å². The second-order valence-electron chi connectivity index (χ2n) is 6.08. The maximum Gasteiger partial charge on any atom is 0.317 e. The molecule has 2 rings (SSSR count). The van der Waals surface area contributed by atoms with Gasteiger partial charge in [0.2, 0.25) is 0 Å². The van der Waals surface area contributed by atoms with E-state index in [1.165, 1.54) is 31.9 Å². The standard InChI is InChI=1S/C16H26N2O3/c1-12-11-18(10-8-14(12)15(19)21-2)16(20)17-9-7-13-5-3-4-6-13/h5,12,14H,3-4,6-11H2,1-2H3,(H,17,20). The highest BCUT2D eigenvalue weighted by Gasteiger charge is 2.33. The van der Waals surface area contributed by atoms with Crippen LogP contribution < -0.4 is 5.32 Å². The Morgan fingerprint density at radius 2 is 2.29 bits per heavy atom. The molecule has 0 spiro atoms. The molecule has 2 amide bonds. The van der Waals surface area contributed by atoms with Gasteiger partial charge in [0.1, 0.15) is 0 Å². The van der Waals surface area contributed by atoms with Crippen molar-refractivity contribution in [3.63, 3.8) is 0 Å². The van der Waals surface area contributed by atoms with Gasteiger partial charge < -0.3 is 15.0 Å². The zero-order valence-electron chi connectivity index (χ0n) is 13.1. The van der Waals surface area contributed by atoms with Gasteiger partial charge in [-0.25, -0.2) is 4.79 Å². The third-order valence-corrected chi connectivity index (χ3v) is 4.55. The predicted molar refractivity (Wildman–Crippen MR) is 80.8 cm³/mol. The lowest BCUT2D eigenvalue weighted by Gasteiger charge is -2.35. The Labute approximate surface area is 126 Å². The minimum Gasteiger partial charge on any atom is -0.469 e. The number of nitrogens with zero attached hydrogens (tertiary/aromatic N) is 1. The smallest absolute Gasteiger partial charge is 0.317 e. The van der Waals surface area contributed by atoms with E-state index in [4.69, 9.17) is 4.74 Å². The van der Waals surface area contributed by atoms with Crippen LogP contribution in [-0.4, -0.2) is 43.6 Å². The number of hydrogen-bond acceptors (Lipinski definition) is 3. The molecule has 2 atom stereocenters. The largest absolute Gasteiger partial charge is 0.469 e. The number of nitrogens with one attached hydrogen (secondary N) is 1. The Morgan fingerprint density at radius 3 is 2.90 bits per heavy atom. The lowest BCUT2D eigenvalue weighted by atomic mass is 9.87. The summed E-state index contributed by atoms with van der Waals surface area (Å²) < 4.78 is 4.81. The highest BCUT2D eigenvalue weighted by atomic mass is 16.5. The molecule has 0 aromatic rings. The molecule has 21 heavy (non-hydrogen) atoms. The van der Waals surface area contributed by atoms with Gasteiger partial charge in [-0.05, 0) is 38.0 Å². The molecule has 0 saturated carbocycles. The van der Waals surface area contributed by atoms with Gasteiger partial charge in [0.15, 0.2) is 0 Å². The van der Waals surface area contributed by atoms with Crippen LogP contribution in [0.5, 0.6) is 0 Å². The topological polar surface area (TPSA) is 58.6 Å². The second-order valence-corrected chi connectivity index (χ2v) is 6.08. The van der Waals surface area contributed by atoms with Gasteiger partial charge in [-0.2, -0.15) is 0 Å². The molecular formula is C16H26N2O3. The zero-order chi connectivity index (χ0) is 15.2. The Bertz CT molecular complexity index is 420. The first-order chi connectivity index (χ1) is 10.1. The van der Waals surface area contributed by atoms with Gasteiger partial charge in [0.25, 0.3) is 0 Å². The molecule has 1 saturated heterocycles. The van der Waals surface area contributed by atoms with Gasteiger partial charge in [0.05, 0.1) is 13.0 Å². The van der Waals surface area contributed by atoms with Crippen molar-refractivity contribution in [3.05, 3.63) is 11.6 Å². The minimum atomic E-state index is -0.157. The number of likely N-dealkylation sites (tertiary alicyclic amines) is 1. The van der Waals surface area contributed by atoms with E-state index in [0.29, 0.717) is 26.1 Å². The van der Waals surface area contributed by atoms with E-state index < -0.39 is 0 Å². The van der Waals surface area contributed by atoms with E-state index in [1.807, 2.05) is 11.8 Å². The van der Waals surface area contributed by atoms with Crippen LogP contribution in [0, 0.1) is 11.8 Å². The third-order valence-electron chi connectivity index (χ3n) is 4.55. The Morgan fingerprint density at radius 1 is 1.48 bits per heavy atom. The molecule has 0 bridgehead atoms. The Hall–Kier alpha value is -1.52. The van der Waals surface area contributed by atoms with Crippen LogP contribution >= 0.6 is 0 Å². The van der Waals surface area contributed by atoms with Crippen molar-refractivity contribution in [2.45, 2.75) is 39.0 Å². The number of amides is 2. The average molecular weight is 294 g/mol. The first-order valence-corrected chi connectivity index (χ1v) is 7.90. The van der Waals surface area contributed by atoms with Crippen LogP contribution in [0.2, 0.25) is 0 Å². The number of carbonyl (C=O) groups excluding carboxylic acids is 2. The average Bonchev–Trinajstić information content (AvgIpc) is 2.99. The number of methoxy groups -OCH3 is 1. The summed E-state index contributed by atoms with van der Waals surface area (Å²) in [6.07, 6.45) is 7.55. The summed E-state index contributed by atoms with van der Waals surface area (Å²) in [7, 11) is 1.42. The molecule has 1 N–H and O–H groups in total. The van der Waals surface area contributed by atoms with Crippen molar-refractivity contribution < 1.29 is 14.3 Å². The van der Waals surface area contributed by atoms with E-state index in [2.05, 4.69) is 11.4 Å². The number of ether oxygens (including phenoxy) is 1. The van der Waals surface area contributed by atoms with E-state index >= 15 is 0 Å². The monoisotopic (exact) mass is 294 g/mol. The SMILES string of the molecule is COC(=O)C1CCN(C(=O)NCCC2=CCCC2)CC1C. The van der Waals surface area contributed by atoms with Gasteiger partial charge in [-0.1, -0.05) is 18.6 Å². The van der Waals surface area contributed by atoms with Crippen LogP contribution in [0.25, 0.3) is 0 Å². The fourth-order valence-corrected chi connectivity index (χ4v) is 3.24. The summed E-state index contributed by atoms with van der Waals surface area (Å²) in [4.78, 5) is 25.6. The normalized spacial score (nSPS) is 25.4.